The number of rotatable bonds is 6. The second-order valence-electron chi connectivity index (χ2n) is 6.12. The van der Waals surface area contributed by atoms with Crippen LogP contribution in [0.1, 0.15) is 35.0 Å². The molecule has 0 spiro atoms. The lowest BCUT2D eigenvalue weighted by atomic mass is 10.1. The number of nitrogens with one attached hydrogen (secondary N) is 2. The van der Waals surface area contributed by atoms with Gasteiger partial charge in [0.15, 0.2) is 0 Å². The van der Waals surface area contributed by atoms with Gasteiger partial charge in [-0.1, -0.05) is 0 Å². The molecule has 1 aromatic carbocycles. The fourth-order valence-electron chi connectivity index (χ4n) is 2.93. The molecule has 2 aromatic rings. The molecule has 130 valence electrons. The number of amides is 1. The van der Waals surface area contributed by atoms with Gasteiger partial charge >= 0.3 is 0 Å². The van der Waals surface area contributed by atoms with Gasteiger partial charge in [-0.15, -0.1) is 0 Å². The molecule has 2 rings (SSSR count). The van der Waals surface area contributed by atoms with E-state index in [-0.39, 0.29) is 12.5 Å². The zero-order valence-electron chi connectivity index (χ0n) is 15.0. The van der Waals surface area contributed by atoms with Crippen LogP contribution in [0.25, 0.3) is 0 Å². The summed E-state index contributed by atoms with van der Waals surface area (Å²) in [7, 11) is 0. The number of aliphatic hydroxyl groups excluding tert-OH is 1. The summed E-state index contributed by atoms with van der Waals surface area (Å²) in [5.74, 6) is -0.0653. The number of hydrogen-bond donors (Lipinski definition) is 3. The highest BCUT2D eigenvalue weighted by Gasteiger charge is 2.12. The average Bonchev–Trinajstić information content (AvgIpc) is 2.75. The van der Waals surface area contributed by atoms with Gasteiger partial charge in [0, 0.05) is 36.1 Å². The van der Waals surface area contributed by atoms with Crippen molar-refractivity contribution in [2.75, 3.05) is 17.2 Å². The number of benzene rings is 1. The molecule has 0 saturated carbocycles. The topological polar surface area (TPSA) is 79.2 Å². The Labute approximate surface area is 142 Å². The van der Waals surface area contributed by atoms with E-state index in [1.807, 2.05) is 44.5 Å². The number of hydrogen-bond acceptors (Lipinski definition) is 4. The van der Waals surface area contributed by atoms with Crippen molar-refractivity contribution in [1.82, 2.24) is 9.78 Å². The van der Waals surface area contributed by atoms with Crippen LogP contribution in [0, 0.1) is 27.7 Å². The van der Waals surface area contributed by atoms with Gasteiger partial charge in [0.25, 0.3) is 0 Å². The first kappa shape index (κ1) is 18.0. The standard InChI is InChI=1S/C18H26N4O2/c1-11-8-16(9-12(2)18(11)20-15(5)24)19-10-17-13(3)21-22(6-7-23)14(17)4/h8-9,19,23H,6-7,10H2,1-5H3,(H,20,24). The van der Waals surface area contributed by atoms with E-state index in [1.165, 1.54) is 6.92 Å². The monoisotopic (exact) mass is 330 g/mol. The van der Waals surface area contributed by atoms with Crippen molar-refractivity contribution < 1.29 is 9.90 Å². The number of aliphatic hydroxyl groups is 1. The molecule has 1 amide bonds. The molecule has 0 aliphatic rings. The fourth-order valence-corrected chi connectivity index (χ4v) is 2.93. The molecule has 0 saturated heterocycles. The number of anilines is 2. The highest BCUT2D eigenvalue weighted by atomic mass is 16.3. The minimum absolute atomic E-state index is 0.0653. The summed E-state index contributed by atoms with van der Waals surface area (Å²) in [5.41, 5.74) is 7.11. The number of carbonyl (C=O) groups is 1. The second kappa shape index (κ2) is 7.49. The zero-order valence-corrected chi connectivity index (χ0v) is 15.0. The van der Waals surface area contributed by atoms with E-state index in [0.29, 0.717) is 13.1 Å². The van der Waals surface area contributed by atoms with Crippen LogP contribution >= 0.6 is 0 Å². The molecule has 3 N–H and O–H groups in total. The first-order valence-electron chi connectivity index (χ1n) is 8.10. The van der Waals surface area contributed by atoms with Crippen molar-refractivity contribution in [1.29, 1.82) is 0 Å². The van der Waals surface area contributed by atoms with Crippen molar-refractivity contribution in [3.05, 3.63) is 40.2 Å². The summed E-state index contributed by atoms with van der Waals surface area (Å²) in [6.07, 6.45) is 0. The Hall–Kier alpha value is -2.34. The lowest BCUT2D eigenvalue weighted by Crippen LogP contribution is -2.10. The quantitative estimate of drug-likeness (QED) is 0.761. The SMILES string of the molecule is CC(=O)Nc1c(C)cc(NCc2c(C)nn(CCO)c2C)cc1C. The van der Waals surface area contributed by atoms with E-state index in [2.05, 4.69) is 15.7 Å². The minimum atomic E-state index is -0.0653. The van der Waals surface area contributed by atoms with Crippen LogP contribution in [0.3, 0.4) is 0 Å². The average molecular weight is 330 g/mol. The summed E-state index contributed by atoms with van der Waals surface area (Å²) >= 11 is 0. The van der Waals surface area contributed by atoms with E-state index in [9.17, 15) is 4.79 Å². The van der Waals surface area contributed by atoms with Gasteiger partial charge in [0.1, 0.15) is 0 Å². The molecule has 0 fully saturated rings. The van der Waals surface area contributed by atoms with Crippen molar-refractivity contribution in [2.24, 2.45) is 0 Å². The van der Waals surface area contributed by atoms with Crippen LogP contribution in [-0.4, -0.2) is 27.4 Å². The smallest absolute Gasteiger partial charge is 0.221 e. The summed E-state index contributed by atoms with van der Waals surface area (Å²) in [5, 5.41) is 19.9. The molecular weight excluding hydrogens is 304 g/mol. The third-order valence-corrected chi connectivity index (χ3v) is 4.15. The maximum Gasteiger partial charge on any atom is 0.221 e. The van der Waals surface area contributed by atoms with Gasteiger partial charge in [-0.05, 0) is 51.0 Å². The third-order valence-electron chi connectivity index (χ3n) is 4.15. The lowest BCUT2D eigenvalue weighted by Gasteiger charge is -2.14. The lowest BCUT2D eigenvalue weighted by molar-refractivity contribution is -0.114. The summed E-state index contributed by atoms with van der Waals surface area (Å²) in [6, 6.07) is 4.06. The summed E-state index contributed by atoms with van der Waals surface area (Å²) in [6.45, 7) is 10.7. The van der Waals surface area contributed by atoms with Crippen LogP contribution in [0.2, 0.25) is 0 Å². The molecule has 6 heteroatoms. The Balaban J connectivity index is 2.17. The van der Waals surface area contributed by atoms with E-state index in [0.717, 1.165) is 39.5 Å². The number of aryl methyl sites for hydroxylation is 3. The van der Waals surface area contributed by atoms with Gasteiger partial charge in [0.05, 0.1) is 18.8 Å². The van der Waals surface area contributed by atoms with Gasteiger partial charge in [-0.25, -0.2) is 0 Å². The molecule has 0 bridgehead atoms. The van der Waals surface area contributed by atoms with E-state index in [4.69, 9.17) is 5.11 Å². The van der Waals surface area contributed by atoms with E-state index < -0.39 is 0 Å². The molecule has 6 nitrogen and oxygen atoms in total. The number of carbonyl (C=O) groups excluding carboxylic acids is 1. The predicted octanol–water partition coefficient (Wildman–Crippen LogP) is 2.68. The molecule has 0 atom stereocenters. The Morgan fingerprint density at radius 1 is 1.21 bits per heavy atom. The van der Waals surface area contributed by atoms with Crippen LogP contribution in [-0.2, 0) is 17.9 Å². The Bertz CT molecular complexity index is 727. The molecule has 0 aliphatic heterocycles. The first-order chi connectivity index (χ1) is 11.3. The van der Waals surface area contributed by atoms with Gasteiger partial charge in [0.2, 0.25) is 5.91 Å². The summed E-state index contributed by atoms with van der Waals surface area (Å²) < 4.78 is 1.84. The molecular formula is C18H26N4O2. The normalized spacial score (nSPS) is 10.8. The molecule has 24 heavy (non-hydrogen) atoms. The number of aromatic nitrogens is 2. The predicted molar refractivity (Wildman–Crippen MR) is 96.3 cm³/mol. The van der Waals surface area contributed by atoms with E-state index in [1.54, 1.807) is 0 Å². The highest BCUT2D eigenvalue weighted by Crippen LogP contribution is 2.25. The highest BCUT2D eigenvalue weighted by molar-refractivity contribution is 5.90. The van der Waals surface area contributed by atoms with Crippen molar-refractivity contribution in [2.45, 2.75) is 47.7 Å². The van der Waals surface area contributed by atoms with Gasteiger partial charge in [-0.2, -0.15) is 5.10 Å². The van der Waals surface area contributed by atoms with Crippen molar-refractivity contribution >= 4 is 17.3 Å². The first-order valence-corrected chi connectivity index (χ1v) is 8.10. The van der Waals surface area contributed by atoms with Crippen molar-refractivity contribution in [3.8, 4) is 0 Å². The summed E-state index contributed by atoms with van der Waals surface area (Å²) in [4.78, 5) is 11.3. The zero-order chi connectivity index (χ0) is 17.9. The van der Waals surface area contributed by atoms with E-state index >= 15 is 0 Å². The van der Waals surface area contributed by atoms with Gasteiger partial charge < -0.3 is 15.7 Å². The third kappa shape index (κ3) is 3.94. The molecule has 0 unspecified atom stereocenters. The largest absolute Gasteiger partial charge is 0.394 e. The molecule has 0 aliphatic carbocycles. The van der Waals surface area contributed by atoms with Crippen molar-refractivity contribution in [3.63, 3.8) is 0 Å². The minimum Gasteiger partial charge on any atom is -0.394 e. The molecule has 1 aromatic heterocycles. The maximum atomic E-state index is 11.3. The number of nitrogens with zero attached hydrogens (tertiary/aromatic N) is 2. The fraction of sp³-hybridized carbons (Fsp3) is 0.444. The molecule has 1 heterocycles. The Morgan fingerprint density at radius 2 is 1.83 bits per heavy atom. The Kier molecular flexibility index (Phi) is 5.62. The van der Waals surface area contributed by atoms with Gasteiger partial charge in [-0.3, -0.25) is 9.48 Å². The maximum absolute atomic E-state index is 11.3. The van der Waals surface area contributed by atoms with Crippen LogP contribution in [0.15, 0.2) is 12.1 Å². The molecule has 0 radical (unpaired) electrons. The van der Waals surface area contributed by atoms with Crippen LogP contribution in [0.5, 0.6) is 0 Å². The van der Waals surface area contributed by atoms with Crippen LogP contribution in [0.4, 0.5) is 11.4 Å². The second-order valence-corrected chi connectivity index (χ2v) is 6.12. The van der Waals surface area contributed by atoms with Crippen LogP contribution < -0.4 is 10.6 Å². The Morgan fingerprint density at radius 3 is 2.38 bits per heavy atom.